The van der Waals surface area contributed by atoms with E-state index in [1.165, 1.54) is 24.3 Å². The maximum absolute atomic E-state index is 13.1. The van der Waals surface area contributed by atoms with Crippen LogP contribution in [0.5, 0.6) is 11.5 Å². The Morgan fingerprint density at radius 3 is 2.48 bits per heavy atom. The van der Waals surface area contributed by atoms with Crippen molar-refractivity contribution in [1.82, 2.24) is 15.1 Å². The van der Waals surface area contributed by atoms with E-state index >= 15 is 0 Å². The highest BCUT2D eigenvalue weighted by molar-refractivity contribution is 5.96. The van der Waals surface area contributed by atoms with Crippen molar-refractivity contribution in [2.75, 3.05) is 6.54 Å². The molecule has 0 unspecified atom stereocenters. The number of hydrogen-bond acceptors (Lipinski definition) is 4. The fraction of sp³-hybridized carbons (Fsp3) is 0.200. The molecule has 0 saturated heterocycles. The lowest BCUT2D eigenvalue weighted by Crippen LogP contribution is -2.26. The lowest BCUT2D eigenvalue weighted by molar-refractivity contribution is 0.0953. The first kappa shape index (κ1) is 18.4. The summed E-state index contributed by atoms with van der Waals surface area (Å²) < 4.78 is 14.7. The summed E-state index contributed by atoms with van der Waals surface area (Å²) in [6, 6.07) is 10.5. The summed E-state index contributed by atoms with van der Waals surface area (Å²) in [4.78, 5) is 12.6. The molecular formula is C20H20FN3O3. The molecule has 0 aliphatic rings. The third kappa shape index (κ3) is 3.92. The van der Waals surface area contributed by atoms with Gasteiger partial charge in [0.15, 0.2) is 11.5 Å². The minimum Gasteiger partial charge on any atom is -0.504 e. The first-order valence-corrected chi connectivity index (χ1v) is 8.48. The number of aryl methyl sites for hydroxylation is 1. The van der Waals surface area contributed by atoms with Crippen LogP contribution in [0.4, 0.5) is 4.39 Å². The maximum atomic E-state index is 13.1. The molecule has 1 amide bonds. The number of carbonyl (C=O) groups is 1. The van der Waals surface area contributed by atoms with E-state index in [0.29, 0.717) is 35.6 Å². The zero-order valence-corrected chi connectivity index (χ0v) is 15.0. The zero-order valence-electron chi connectivity index (χ0n) is 15.0. The Balaban J connectivity index is 1.71. The molecular weight excluding hydrogens is 349 g/mol. The standard InChI is InChI=1S/C20H20FN3O3/c1-12-19(13(2)24(23-12)16-6-4-15(21)5-7-16)20(27)22-10-9-14-3-8-17(25)18(26)11-14/h3-8,11,25-26H,9-10H2,1-2H3,(H,22,27). The fourth-order valence-electron chi connectivity index (χ4n) is 2.94. The number of aromatic nitrogens is 2. The highest BCUT2D eigenvalue weighted by atomic mass is 19.1. The SMILES string of the molecule is Cc1nn(-c2ccc(F)cc2)c(C)c1C(=O)NCCc1ccc(O)c(O)c1. The van der Waals surface area contributed by atoms with Gasteiger partial charge in [0.25, 0.3) is 5.91 Å². The van der Waals surface area contributed by atoms with Gasteiger partial charge in [0.2, 0.25) is 0 Å². The summed E-state index contributed by atoms with van der Waals surface area (Å²) in [5.74, 6) is -0.951. The van der Waals surface area contributed by atoms with Crippen molar-refractivity contribution in [1.29, 1.82) is 0 Å². The highest BCUT2D eigenvalue weighted by Gasteiger charge is 2.19. The summed E-state index contributed by atoms with van der Waals surface area (Å²) >= 11 is 0. The van der Waals surface area contributed by atoms with Crippen LogP contribution in [0.15, 0.2) is 42.5 Å². The normalized spacial score (nSPS) is 10.8. The van der Waals surface area contributed by atoms with Crippen LogP contribution in [0.3, 0.4) is 0 Å². The number of hydrogen-bond donors (Lipinski definition) is 3. The number of rotatable bonds is 5. The molecule has 0 fully saturated rings. The number of nitrogens with zero attached hydrogens (tertiary/aromatic N) is 2. The Hall–Kier alpha value is -3.35. The predicted octanol–water partition coefficient (Wildman–Crippen LogP) is 3.01. The Labute approximate surface area is 155 Å². The van der Waals surface area contributed by atoms with Crippen molar-refractivity contribution < 1.29 is 19.4 Å². The van der Waals surface area contributed by atoms with Crippen LogP contribution in [0.1, 0.15) is 27.3 Å². The van der Waals surface area contributed by atoms with Crippen molar-refractivity contribution in [3.8, 4) is 17.2 Å². The minimum atomic E-state index is -0.335. The molecule has 0 bridgehead atoms. The molecule has 0 aliphatic carbocycles. The topological polar surface area (TPSA) is 87.4 Å². The molecule has 1 aromatic heterocycles. The molecule has 27 heavy (non-hydrogen) atoms. The van der Waals surface area contributed by atoms with Gasteiger partial charge in [0.05, 0.1) is 22.6 Å². The molecule has 2 aromatic carbocycles. The Kier molecular flexibility index (Phi) is 5.12. The average Bonchev–Trinajstić information content (AvgIpc) is 2.93. The molecule has 7 heteroatoms. The lowest BCUT2D eigenvalue weighted by Gasteiger charge is -2.08. The summed E-state index contributed by atoms with van der Waals surface area (Å²) in [7, 11) is 0. The van der Waals surface area contributed by atoms with Gasteiger partial charge >= 0.3 is 0 Å². The molecule has 3 N–H and O–H groups in total. The predicted molar refractivity (Wildman–Crippen MR) is 98.8 cm³/mol. The minimum absolute atomic E-state index is 0.178. The van der Waals surface area contributed by atoms with E-state index in [2.05, 4.69) is 10.4 Å². The Morgan fingerprint density at radius 1 is 1.11 bits per heavy atom. The molecule has 0 aliphatic heterocycles. The zero-order chi connectivity index (χ0) is 19.6. The maximum Gasteiger partial charge on any atom is 0.255 e. The monoisotopic (exact) mass is 369 g/mol. The molecule has 0 radical (unpaired) electrons. The second-order valence-corrected chi connectivity index (χ2v) is 6.26. The average molecular weight is 369 g/mol. The second kappa shape index (κ2) is 7.49. The van der Waals surface area contributed by atoms with Gasteiger partial charge in [-0.3, -0.25) is 4.79 Å². The van der Waals surface area contributed by atoms with Crippen molar-refractivity contribution in [2.24, 2.45) is 0 Å². The Morgan fingerprint density at radius 2 is 1.81 bits per heavy atom. The van der Waals surface area contributed by atoms with Crippen LogP contribution in [0.25, 0.3) is 5.69 Å². The number of phenolic OH excluding ortho intramolecular Hbond substituents is 2. The van der Waals surface area contributed by atoms with Gasteiger partial charge in [-0.1, -0.05) is 6.07 Å². The highest BCUT2D eigenvalue weighted by Crippen LogP contribution is 2.25. The number of nitrogens with one attached hydrogen (secondary N) is 1. The fourth-order valence-corrected chi connectivity index (χ4v) is 2.94. The second-order valence-electron chi connectivity index (χ2n) is 6.26. The van der Waals surface area contributed by atoms with Crippen molar-refractivity contribution in [3.63, 3.8) is 0 Å². The van der Waals surface area contributed by atoms with E-state index in [9.17, 15) is 19.4 Å². The van der Waals surface area contributed by atoms with Crippen molar-refractivity contribution >= 4 is 5.91 Å². The largest absolute Gasteiger partial charge is 0.504 e. The van der Waals surface area contributed by atoms with Crippen LogP contribution >= 0.6 is 0 Å². The van der Waals surface area contributed by atoms with Gasteiger partial charge in [0, 0.05) is 6.54 Å². The smallest absolute Gasteiger partial charge is 0.255 e. The van der Waals surface area contributed by atoms with Crippen LogP contribution in [-0.4, -0.2) is 32.4 Å². The summed E-state index contributed by atoms with van der Waals surface area (Å²) in [5.41, 5.74) is 3.19. The van der Waals surface area contributed by atoms with Gasteiger partial charge in [-0.05, 0) is 62.2 Å². The van der Waals surface area contributed by atoms with Crippen LogP contribution in [0, 0.1) is 19.7 Å². The first-order chi connectivity index (χ1) is 12.9. The van der Waals surface area contributed by atoms with E-state index in [1.807, 2.05) is 0 Å². The van der Waals surface area contributed by atoms with Crippen molar-refractivity contribution in [2.45, 2.75) is 20.3 Å². The van der Waals surface area contributed by atoms with E-state index in [1.54, 1.807) is 36.7 Å². The van der Waals surface area contributed by atoms with Crippen LogP contribution in [-0.2, 0) is 6.42 Å². The molecule has 3 aromatic rings. The van der Waals surface area contributed by atoms with Crippen LogP contribution in [0.2, 0.25) is 0 Å². The number of carbonyl (C=O) groups excluding carboxylic acids is 1. The van der Waals surface area contributed by atoms with Gasteiger partial charge in [-0.2, -0.15) is 5.10 Å². The van der Waals surface area contributed by atoms with Crippen LogP contribution < -0.4 is 5.32 Å². The molecule has 6 nitrogen and oxygen atoms in total. The van der Waals surface area contributed by atoms with Gasteiger partial charge in [-0.25, -0.2) is 9.07 Å². The van der Waals surface area contributed by atoms with Gasteiger partial charge < -0.3 is 15.5 Å². The molecule has 1 heterocycles. The first-order valence-electron chi connectivity index (χ1n) is 8.48. The molecule has 0 saturated carbocycles. The third-order valence-electron chi connectivity index (χ3n) is 4.33. The number of amides is 1. The molecule has 0 spiro atoms. The van der Waals surface area contributed by atoms with E-state index in [-0.39, 0.29) is 23.2 Å². The number of benzene rings is 2. The Bertz CT molecular complexity index is 981. The summed E-state index contributed by atoms with van der Waals surface area (Å²) in [5, 5.41) is 26.1. The van der Waals surface area contributed by atoms with E-state index in [0.717, 1.165) is 5.56 Å². The van der Waals surface area contributed by atoms with Crippen molar-refractivity contribution in [3.05, 3.63) is 70.8 Å². The molecule has 3 rings (SSSR count). The van der Waals surface area contributed by atoms with Gasteiger partial charge in [0.1, 0.15) is 5.82 Å². The van der Waals surface area contributed by atoms with Gasteiger partial charge in [-0.15, -0.1) is 0 Å². The summed E-state index contributed by atoms with van der Waals surface area (Å²) in [6.45, 7) is 3.90. The van der Waals surface area contributed by atoms with E-state index < -0.39 is 0 Å². The quantitative estimate of drug-likeness (QED) is 0.604. The number of aromatic hydroxyl groups is 2. The summed E-state index contributed by atoms with van der Waals surface area (Å²) in [6.07, 6.45) is 0.504. The molecule has 140 valence electrons. The molecule has 0 atom stereocenters. The van der Waals surface area contributed by atoms with E-state index in [4.69, 9.17) is 0 Å². The lowest BCUT2D eigenvalue weighted by atomic mass is 10.1. The third-order valence-corrected chi connectivity index (χ3v) is 4.33. The number of phenols is 2. The number of halogens is 1.